The highest BCUT2D eigenvalue weighted by molar-refractivity contribution is 9.10. The lowest BCUT2D eigenvalue weighted by Gasteiger charge is -2.15. The van der Waals surface area contributed by atoms with E-state index in [4.69, 9.17) is 15.2 Å². The number of hydrogen-bond acceptors (Lipinski definition) is 3. The van der Waals surface area contributed by atoms with Crippen molar-refractivity contribution in [2.45, 2.75) is 19.3 Å². The Hall–Kier alpha value is -0.420. The Kier molecular flexibility index (Phi) is 9.08. The second kappa shape index (κ2) is 10.4. The van der Waals surface area contributed by atoms with Gasteiger partial charge in [-0.25, -0.2) is 0 Å². The van der Waals surface area contributed by atoms with E-state index < -0.39 is 0 Å². The third-order valence-electron chi connectivity index (χ3n) is 3.11. The zero-order valence-corrected chi connectivity index (χ0v) is 13.2. The van der Waals surface area contributed by atoms with Crippen LogP contribution in [-0.2, 0) is 15.9 Å². The van der Waals surface area contributed by atoms with E-state index in [1.54, 1.807) is 7.11 Å². The topological polar surface area (TPSA) is 44.5 Å². The first kappa shape index (κ1) is 16.6. The molecule has 0 saturated heterocycles. The molecule has 0 aliphatic heterocycles. The van der Waals surface area contributed by atoms with Crippen molar-refractivity contribution >= 4 is 15.9 Å². The first-order valence-electron chi connectivity index (χ1n) is 6.78. The molecule has 19 heavy (non-hydrogen) atoms. The second-order valence-corrected chi connectivity index (χ2v) is 5.50. The van der Waals surface area contributed by atoms with Gasteiger partial charge in [0.25, 0.3) is 0 Å². The fourth-order valence-electron chi connectivity index (χ4n) is 1.94. The van der Waals surface area contributed by atoms with Crippen LogP contribution < -0.4 is 5.73 Å². The fraction of sp³-hybridized carbons (Fsp3) is 0.600. The second-order valence-electron chi connectivity index (χ2n) is 4.64. The van der Waals surface area contributed by atoms with Crippen LogP contribution in [0.4, 0.5) is 0 Å². The van der Waals surface area contributed by atoms with Gasteiger partial charge in [-0.3, -0.25) is 0 Å². The van der Waals surface area contributed by atoms with Crippen molar-refractivity contribution in [2.75, 3.05) is 33.5 Å². The Morgan fingerprint density at radius 3 is 2.68 bits per heavy atom. The summed E-state index contributed by atoms with van der Waals surface area (Å²) in [4.78, 5) is 0. The highest BCUT2D eigenvalue weighted by Crippen LogP contribution is 2.20. The molecule has 3 nitrogen and oxygen atoms in total. The van der Waals surface area contributed by atoms with Gasteiger partial charge in [0.1, 0.15) is 0 Å². The van der Waals surface area contributed by atoms with Gasteiger partial charge in [-0.15, -0.1) is 0 Å². The molecule has 108 valence electrons. The summed E-state index contributed by atoms with van der Waals surface area (Å²) in [7, 11) is 1.71. The van der Waals surface area contributed by atoms with Crippen LogP contribution in [0.15, 0.2) is 28.7 Å². The summed E-state index contributed by atoms with van der Waals surface area (Å²) in [5.41, 5.74) is 7.16. The lowest BCUT2D eigenvalue weighted by Crippen LogP contribution is -2.19. The van der Waals surface area contributed by atoms with Crippen molar-refractivity contribution < 1.29 is 9.47 Å². The van der Waals surface area contributed by atoms with E-state index in [0.717, 1.165) is 43.6 Å². The minimum absolute atomic E-state index is 0.473. The van der Waals surface area contributed by atoms with Gasteiger partial charge < -0.3 is 15.2 Å². The van der Waals surface area contributed by atoms with Gasteiger partial charge >= 0.3 is 0 Å². The maximum atomic E-state index is 5.84. The average Bonchev–Trinajstić information content (AvgIpc) is 2.43. The third kappa shape index (κ3) is 7.06. The number of hydrogen-bond donors (Lipinski definition) is 1. The summed E-state index contributed by atoms with van der Waals surface area (Å²) in [6, 6.07) is 8.31. The molecule has 0 fully saturated rings. The average molecular weight is 330 g/mol. The van der Waals surface area contributed by atoms with Gasteiger partial charge in [0.2, 0.25) is 0 Å². The van der Waals surface area contributed by atoms with E-state index in [9.17, 15) is 0 Å². The Balaban J connectivity index is 2.24. The number of methoxy groups -OCH3 is 1. The summed E-state index contributed by atoms with van der Waals surface area (Å²) >= 11 is 3.58. The molecule has 0 saturated carbocycles. The van der Waals surface area contributed by atoms with E-state index in [1.165, 1.54) is 5.56 Å². The lowest BCUT2D eigenvalue weighted by atomic mass is 9.97. The summed E-state index contributed by atoms with van der Waals surface area (Å²) in [6.07, 6.45) is 2.96. The van der Waals surface area contributed by atoms with E-state index in [0.29, 0.717) is 12.5 Å². The van der Waals surface area contributed by atoms with Crippen LogP contribution in [-0.4, -0.2) is 33.5 Å². The van der Waals surface area contributed by atoms with Gasteiger partial charge in [-0.05, 0) is 43.4 Å². The van der Waals surface area contributed by atoms with Crippen molar-refractivity contribution in [3.8, 4) is 0 Å². The Morgan fingerprint density at radius 2 is 2.00 bits per heavy atom. The van der Waals surface area contributed by atoms with Gasteiger partial charge in [0, 0.05) is 31.4 Å². The Bertz CT molecular complexity index is 347. The minimum Gasteiger partial charge on any atom is -0.385 e. The van der Waals surface area contributed by atoms with E-state index in [-0.39, 0.29) is 0 Å². The van der Waals surface area contributed by atoms with Crippen LogP contribution in [0.25, 0.3) is 0 Å². The highest BCUT2D eigenvalue weighted by Gasteiger charge is 2.09. The zero-order chi connectivity index (χ0) is 13.9. The third-order valence-corrected chi connectivity index (χ3v) is 3.88. The molecule has 0 radical (unpaired) electrons. The van der Waals surface area contributed by atoms with Crippen LogP contribution >= 0.6 is 15.9 Å². The minimum atomic E-state index is 0.473. The van der Waals surface area contributed by atoms with Gasteiger partial charge in [0.05, 0.1) is 0 Å². The van der Waals surface area contributed by atoms with Crippen LogP contribution in [0, 0.1) is 5.92 Å². The molecule has 0 aliphatic rings. The molecule has 0 heterocycles. The maximum Gasteiger partial charge on any atom is 0.0487 e. The van der Waals surface area contributed by atoms with Crippen LogP contribution in [0.3, 0.4) is 0 Å². The van der Waals surface area contributed by atoms with Crippen LogP contribution in [0.1, 0.15) is 18.4 Å². The predicted molar refractivity (Wildman–Crippen MR) is 82.3 cm³/mol. The number of ether oxygens (including phenoxy) is 2. The van der Waals surface area contributed by atoms with Crippen molar-refractivity contribution in [3.63, 3.8) is 0 Å². The highest BCUT2D eigenvalue weighted by atomic mass is 79.9. The molecule has 4 heteroatoms. The van der Waals surface area contributed by atoms with Crippen molar-refractivity contribution in [2.24, 2.45) is 11.7 Å². The SMILES string of the molecule is COCCCOCCC(CN)Cc1ccccc1Br. The molecule has 1 unspecified atom stereocenters. The summed E-state index contributed by atoms with van der Waals surface area (Å²) in [6.45, 7) is 3.00. The number of nitrogens with two attached hydrogens (primary N) is 1. The largest absolute Gasteiger partial charge is 0.385 e. The molecule has 2 N–H and O–H groups in total. The molecule has 0 aliphatic carbocycles. The number of benzene rings is 1. The normalized spacial score (nSPS) is 12.6. The lowest BCUT2D eigenvalue weighted by molar-refractivity contribution is 0.0942. The van der Waals surface area contributed by atoms with Crippen molar-refractivity contribution in [1.82, 2.24) is 0 Å². The standard InChI is InChI=1S/C15H24BrNO2/c1-18-8-4-9-19-10-7-13(12-17)11-14-5-2-3-6-15(14)16/h2-3,5-6,13H,4,7-12,17H2,1H3. The first-order chi connectivity index (χ1) is 9.27. The molecule has 0 aromatic heterocycles. The molecular formula is C15H24BrNO2. The van der Waals surface area contributed by atoms with E-state index >= 15 is 0 Å². The summed E-state index contributed by atoms with van der Waals surface area (Å²) in [5, 5.41) is 0. The first-order valence-corrected chi connectivity index (χ1v) is 7.57. The van der Waals surface area contributed by atoms with Gasteiger partial charge in [-0.1, -0.05) is 34.1 Å². The number of halogens is 1. The van der Waals surface area contributed by atoms with E-state index in [2.05, 4.69) is 34.1 Å². The predicted octanol–water partition coefficient (Wildman–Crippen LogP) is 3.01. The van der Waals surface area contributed by atoms with E-state index in [1.807, 2.05) is 6.07 Å². The van der Waals surface area contributed by atoms with Gasteiger partial charge in [0.15, 0.2) is 0 Å². The van der Waals surface area contributed by atoms with Crippen molar-refractivity contribution in [1.29, 1.82) is 0 Å². The van der Waals surface area contributed by atoms with Crippen LogP contribution in [0.5, 0.6) is 0 Å². The molecule has 0 bridgehead atoms. The molecule has 1 atom stereocenters. The fourth-order valence-corrected chi connectivity index (χ4v) is 2.38. The molecule has 1 aromatic rings. The molecule has 0 spiro atoms. The smallest absolute Gasteiger partial charge is 0.0487 e. The Labute approximate surface area is 124 Å². The quantitative estimate of drug-likeness (QED) is 0.671. The van der Waals surface area contributed by atoms with Crippen LogP contribution in [0.2, 0.25) is 0 Å². The van der Waals surface area contributed by atoms with Gasteiger partial charge in [-0.2, -0.15) is 0 Å². The molecule has 0 amide bonds. The molecular weight excluding hydrogens is 306 g/mol. The monoisotopic (exact) mass is 329 g/mol. The summed E-state index contributed by atoms with van der Waals surface area (Å²) in [5.74, 6) is 0.473. The molecule has 1 aromatic carbocycles. The number of rotatable bonds is 10. The Morgan fingerprint density at radius 1 is 1.21 bits per heavy atom. The maximum absolute atomic E-state index is 5.84. The summed E-state index contributed by atoms with van der Waals surface area (Å²) < 4.78 is 11.7. The zero-order valence-electron chi connectivity index (χ0n) is 11.6. The molecule has 1 rings (SSSR count). The van der Waals surface area contributed by atoms with Crippen molar-refractivity contribution in [3.05, 3.63) is 34.3 Å².